The van der Waals surface area contributed by atoms with Crippen LogP contribution in [0.2, 0.25) is 0 Å². The molecular formula is C24H31N3O4S. The van der Waals surface area contributed by atoms with Crippen LogP contribution in [0.15, 0.2) is 53.4 Å². The molecule has 8 heteroatoms. The van der Waals surface area contributed by atoms with Gasteiger partial charge in [0.1, 0.15) is 0 Å². The van der Waals surface area contributed by atoms with Crippen molar-refractivity contribution in [3.05, 3.63) is 59.7 Å². The second kappa shape index (κ2) is 10.1. The number of benzene rings is 2. The number of hydrogen-bond donors (Lipinski definition) is 1. The molecule has 0 bridgehead atoms. The van der Waals surface area contributed by atoms with Crippen LogP contribution in [0.25, 0.3) is 0 Å². The molecule has 1 aliphatic carbocycles. The summed E-state index contributed by atoms with van der Waals surface area (Å²) in [5, 5.41) is 2.91. The van der Waals surface area contributed by atoms with Crippen molar-refractivity contribution in [3.63, 3.8) is 0 Å². The molecule has 7 nitrogen and oxygen atoms in total. The smallest absolute Gasteiger partial charge is 0.243 e. The topological polar surface area (TPSA) is 79.0 Å². The zero-order valence-electron chi connectivity index (χ0n) is 18.5. The van der Waals surface area contributed by atoms with Gasteiger partial charge in [-0.05, 0) is 54.7 Å². The molecule has 1 saturated carbocycles. The zero-order chi connectivity index (χ0) is 22.6. The molecule has 0 radical (unpaired) electrons. The number of hydrogen-bond acceptors (Lipinski definition) is 5. The quantitative estimate of drug-likeness (QED) is 0.626. The predicted molar refractivity (Wildman–Crippen MR) is 124 cm³/mol. The summed E-state index contributed by atoms with van der Waals surface area (Å²) in [5.74, 6) is -0.0918. The molecule has 32 heavy (non-hydrogen) atoms. The number of rotatable bonds is 9. The molecule has 2 fully saturated rings. The number of sulfonamides is 1. The van der Waals surface area contributed by atoms with Gasteiger partial charge >= 0.3 is 0 Å². The minimum absolute atomic E-state index is 0.0918. The third kappa shape index (κ3) is 5.75. The highest BCUT2D eigenvalue weighted by Gasteiger charge is 2.30. The number of nitrogens with one attached hydrogen (secondary N) is 1. The van der Waals surface area contributed by atoms with E-state index in [0.29, 0.717) is 44.6 Å². The molecular weight excluding hydrogens is 426 g/mol. The molecule has 1 amide bonds. The molecule has 1 aliphatic heterocycles. The SMILES string of the molecule is CCc1ccc(CN(CC(=O)Nc2ccc(S(=O)(=O)N3CCOCC3)cc2)C2CC2)cc1. The van der Waals surface area contributed by atoms with Gasteiger partial charge < -0.3 is 10.1 Å². The maximum atomic E-state index is 12.7. The molecule has 1 heterocycles. The van der Waals surface area contributed by atoms with Crippen LogP contribution in [0.5, 0.6) is 0 Å². The van der Waals surface area contributed by atoms with Crippen LogP contribution in [0.1, 0.15) is 30.9 Å². The number of nitrogens with zero attached hydrogens (tertiary/aromatic N) is 2. The van der Waals surface area contributed by atoms with Crippen molar-refractivity contribution in [2.24, 2.45) is 0 Å². The van der Waals surface area contributed by atoms with Gasteiger partial charge in [-0.3, -0.25) is 9.69 Å². The van der Waals surface area contributed by atoms with Gasteiger partial charge in [-0.2, -0.15) is 4.31 Å². The molecule has 2 aromatic rings. The number of carbonyl (C=O) groups excluding carboxylic acids is 1. The van der Waals surface area contributed by atoms with Crippen molar-refractivity contribution < 1.29 is 17.9 Å². The van der Waals surface area contributed by atoms with E-state index >= 15 is 0 Å². The van der Waals surface area contributed by atoms with Crippen LogP contribution in [-0.2, 0) is 32.5 Å². The Morgan fingerprint density at radius 2 is 1.66 bits per heavy atom. The Morgan fingerprint density at radius 3 is 2.25 bits per heavy atom. The third-order valence-corrected chi connectivity index (χ3v) is 7.89. The van der Waals surface area contributed by atoms with Crippen molar-refractivity contribution in [1.82, 2.24) is 9.21 Å². The highest BCUT2D eigenvalue weighted by atomic mass is 32.2. The molecule has 0 aromatic heterocycles. The van der Waals surface area contributed by atoms with E-state index < -0.39 is 10.0 Å². The maximum Gasteiger partial charge on any atom is 0.243 e. The number of ether oxygens (including phenoxy) is 1. The summed E-state index contributed by atoms with van der Waals surface area (Å²) in [6.07, 6.45) is 3.25. The molecule has 172 valence electrons. The minimum atomic E-state index is -3.54. The van der Waals surface area contributed by atoms with Gasteiger partial charge in [-0.15, -0.1) is 0 Å². The van der Waals surface area contributed by atoms with E-state index in [0.717, 1.165) is 25.8 Å². The lowest BCUT2D eigenvalue weighted by Gasteiger charge is -2.26. The first-order chi connectivity index (χ1) is 15.5. The summed E-state index contributed by atoms with van der Waals surface area (Å²) in [6, 6.07) is 15.4. The average Bonchev–Trinajstić information content (AvgIpc) is 3.66. The Labute approximate surface area is 190 Å². The average molecular weight is 458 g/mol. The molecule has 0 atom stereocenters. The van der Waals surface area contributed by atoms with E-state index in [-0.39, 0.29) is 10.8 Å². The summed E-state index contributed by atoms with van der Waals surface area (Å²) >= 11 is 0. The summed E-state index contributed by atoms with van der Waals surface area (Å²) in [6.45, 7) is 4.74. The Hall–Kier alpha value is -2.26. The Kier molecular flexibility index (Phi) is 7.25. The second-order valence-corrected chi connectivity index (χ2v) is 10.3. The van der Waals surface area contributed by atoms with E-state index in [1.165, 1.54) is 15.4 Å². The lowest BCUT2D eigenvalue weighted by molar-refractivity contribution is -0.117. The second-order valence-electron chi connectivity index (χ2n) is 8.40. The monoisotopic (exact) mass is 457 g/mol. The van der Waals surface area contributed by atoms with Crippen LogP contribution in [-0.4, -0.2) is 62.4 Å². The highest BCUT2D eigenvalue weighted by molar-refractivity contribution is 7.89. The van der Waals surface area contributed by atoms with Gasteiger partial charge in [0, 0.05) is 31.4 Å². The summed E-state index contributed by atoms with van der Waals surface area (Å²) in [4.78, 5) is 15.1. The van der Waals surface area contributed by atoms with Gasteiger partial charge in [0.25, 0.3) is 0 Å². The van der Waals surface area contributed by atoms with Gasteiger partial charge in [0.2, 0.25) is 15.9 Å². The number of anilines is 1. The standard InChI is InChI=1S/C24H31N3O4S/c1-2-19-3-5-20(6-4-19)17-26(22-9-10-22)18-24(28)25-21-7-11-23(12-8-21)32(29,30)27-13-15-31-16-14-27/h3-8,11-12,22H,2,9-10,13-18H2,1H3,(H,25,28). The normalized spacial score (nSPS) is 17.4. The van der Waals surface area contributed by atoms with E-state index in [4.69, 9.17) is 4.74 Å². The highest BCUT2D eigenvalue weighted by Crippen LogP contribution is 2.28. The molecule has 2 aliphatic rings. The first kappa shape index (κ1) is 22.9. The summed E-state index contributed by atoms with van der Waals surface area (Å²) in [7, 11) is -3.54. The third-order valence-electron chi connectivity index (χ3n) is 5.97. The van der Waals surface area contributed by atoms with E-state index in [1.807, 2.05) is 0 Å². The van der Waals surface area contributed by atoms with Crippen molar-refractivity contribution >= 4 is 21.6 Å². The molecule has 1 N–H and O–H groups in total. The van der Waals surface area contributed by atoms with Gasteiger partial charge in [-0.25, -0.2) is 8.42 Å². The molecule has 0 unspecified atom stereocenters. The van der Waals surface area contributed by atoms with E-state index in [1.54, 1.807) is 24.3 Å². The van der Waals surface area contributed by atoms with Crippen LogP contribution in [0.3, 0.4) is 0 Å². The summed E-state index contributed by atoms with van der Waals surface area (Å²) in [5.41, 5.74) is 3.11. The fourth-order valence-corrected chi connectivity index (χ4v) is 5.31. The number of aryl methyl sites for hydroxylation is 1. The van der Waals surface area contributed by atoms with Gasteiger partial charge in [-0.1, -0.05) is 31.2 Å². The molecule has 2 aromatic carbocycles. The van der Waals surface area contributed by atoms with Crippen LogP contribution in [0, 0.1) is 0 Å². The Bertz CT molecular complexity index is 1010. The lowest BCUT2D eigenvalue weighted by atomic mass is 10.1. The van der Waals surface area contributed by atoms with Gasteiger partial charge in [0.15, 0.2) is 0 Å². The number of morpholine rings is 1. The van der Waals surface area contributed by atoms with E-state index in [9.17, 15) is 13.2 Å². The molecule has 1 saturated heterocycles. The van der Waals surface area contributed by atoms with Gasteiger partial charge in [0.05, 0.1) is 24.7 Å². The number of amides is 1. The summed E-state index contributed by atoms with van der Waals surface area (Å²) < 4.78 is 32.1. The van der Waals surface area contributed by atoms with E-state index in [2.05, 4.69) is 41.4 Å². The fourth-order valence-electron chi connectivity index (χ4n) is 3.90. The first-order valence-corrected chi connectivity index (χ1v) is 12.7. The van der Waals surface area contributed by atoms with Crippen molar-refractivity contribution in [2.75, 3.05) is 38.2 Å². The largest absolute Gasteiger partial charge is 0.379 e. The molecule has 0 spiro atoms. The predicted octanol–water partition coefficient (Wildman–Crippen LogP) is 2.87. The van der Waals surface area contributed by atoms with Crippen molar-refractivity contribution in [3.8, 4) is 0 Å². The fraction of sp³-hybridized carbons (Fsp3) is 0.458. The maximum absolute atomic E-state index is 12.7. The Morgan fingerprint density at radius 1 is 1.03 bits per heavy atom. The number of carbonyl (C=O) groups is 1. The van der Waals surface area contributed by atoms with Crippen LogP contribution >= 0.6 is 0 Å². The first-order valence-electron chi connectivity index (χ1n) is 11.3. The van der Waals surface area contributed by atoms with Crippen LogP contribution < -0.4 is 5.32 Å². The van der Waals surface area contributed by atoms with Crippen LogP contribution in [0.4, 0.5) is 5.69 Å². The van der Waals surface area contributed by atoms with Crippen molar-refractivity contribution in [1.29, 1.82) is 0 Å². The van der Waals surface area contributed by atoms with Crippen molar-refractivity contribution in [2.45, 2.75) is 43.7 Å². The zero-order valence-corrected chi connectivity index (χ0v) is 19.3. The minimum Gasteiger partial charge on any atom is -0.379 e. The lowest BCUT2D eigenvalue weighted by Crippen LogP contribution is -2.40. The molecule has 4 rings (SSSR count). The Balaban J connectivity index is 1.35.